The Morgan fingerprint density at radius 1 is 1.04 bits per heavy atom. The second-order valence-electron chi connectivity index (χ2n) is 7.71. The van der Waals surface area contributed by atoms with Gasteiger partial charge in [0.1, 0.15) is 0 Å². The van der Waals surface area contributed by atoms with Crippen molar-refractivity contribution in [3.05, 3.63) is 34.9 Å². The third-order valence-electron chi connectivity index (χ3n) is 5.94. The minimum atomic E-state index is -0.171. The number of benzene rings is 1. The van der Waals surface area contributed by atoms with Crippen LogP contribution < -0.4 is 10.6 Å². The zero-order chi connectivity index (χ0) is 17.2. The number of piperidine rings is 2. The third kappa shape index (κ3) is 3.77. The number of carbonyl (C=O) groups is 2. The minimum absolute atomic E-state index is 0.139. The summed E-state index contributed by atoms with van der Waals surface area (Å²) in [5.41, 5.74) is 3.84. The van der Waals surface area contributed by atoms with E-state index in [0.29, 0.717) is 12.8 Å². The smallest absolute Gasteiger partial charge is 0.234 e. The molecule has 0 bridgehead atoms. The van der Waals surface area contributed by atoms with E-state index in [1.807, 2.05) is 0 Å². The van der Waals surface area contributed by atoms with Crippen molar-refractivity contribution in [3.63, 3.8) is 0 Å². The molecule has 1 atom stereocenters. The minimum Gasteiger partial charge on any atom is -0.317 e. The van der Waals surface area contributed by atoms with Crippen LogP contribution in [-0.2, 0) is 22.6 Å². The first-order chi connectivity index (χ1) is 12.2. The van der Waals surface area contributed by atoms with E-state index >= 15 is 0 Å². The summed E-state index contributed by atoms with van der Waals surface area (Å²) in [6.45, 7) is 5.65. The first-order valence-corrected chi connectivity index (χ1v) is 9.57. The molecule has 3 aliphatic rings. The number of fused-ring (bicyclic) bond motifs is 1. The molecule has 2 saturated heterocycles. The first-order valence-electron chi connectivity index (χ1n) is 9.57. The normalized spacial score (nSPS) is 25.5. The third-order valence-corrected chi connectivity index (χ3v) is 5.94. The molecule has 5 nitrogen and oxygen atoms in total. The Morgan fingerprint density at radius 2 is 1.88 bits per heavy atom. The van der Waals surface area contributed by atoms with Gasteiger partial charge in [0.2, 0.25) is 11.8 Å². The Bertz CT molecular complexity index is 667. The van der Waals surface area contributed by atoms with Crippen LogP contribution >= 0.6 is 0 Å². The van der Waals surface area contributed by atoms with Crippen LogP contribution in [0, 0.1) is 5.92 Å². The van der Waals surface area contributed by atoms with Crippen molar-refractivity contribution in [2.75, 3.05) is 26.2 Å². The monoisotopic (exact) mass is 341 g/mol. The maximum absolute atomic E-state index is 12.1. The lowest BCUT2D eigenvalue weighted by Gasteiger charge is -2.34. The van der Waals surface area contributed by atoms with Gasteiger partial charge in [0.15, 0.2) is 0 Å². The van der Waals surface area contributed by atoms with Gasteiger partial charge in [-0.05, 0) is 61.4 Å². The topological polar surface area (TPSA) is 61.4 Å². The van der Waals surface area contributed by atoms with Crippen LogP contribution in [0.2, 0.25) is 0 Å². The first kappa shape index (κ1) is 16.7. The molecule has 134 valence electrons. The Labute approximate surface area is 149 Å². The molecule has 0 saturated carbocycles. The maximum Gasteiger partial charge on any atom is 0.234 e. The summed E-state index contributed by atoms with van der Waals surface area (Å²) in [7, 11) is 0. The molecule has 1 aromatic rings. The lowest BCUT2D eigenvalue weighted by molar-refractivity contribution is -0.134. The summed E-state index contributed by atoms with van der Waals surface area (Å²) in [5.74, 6) is 0.369. The summed E-state index contributed by atoms with van der Waals surface area (Å²) >= 11 is 0. The van der Waals surface area contributed by atoms with E-state index in [1.165, 1.54) is 30.5 Å². The fourth-order valence-electron chi connectivity index (χ4n) is 4.44. The highest BCUT2D eigenvalue weighted by atomic mass is 16.2. The van der Waals surface area contributed by atoms with Gasteiger partial charge in [0.05, 0.1) is 5.92 Å². The number of hydrogen-bond donors (Lipinski definition) is 2. The van der Waals surface area contributed by atoms with E-state index in [-0.39, 0.29) is 17.7 Å². The summed E-state index contributed by atoms with van der Waals surface area (Å²) in [6, 6.07) is 6.49. The molecule has 2 amide bonds. The van der Waals surface area contributed by atoms with Crippen LogP contribution in [0.25, 0.3) is 0 Å². The van der Waals surface area contributed by atoms with Gasteiger partial charge < -0.3 is 5.32 Å². The van der Waals surface area contributed by atoms with E-state index in [2.05, 4.69) is 33.7 Å². The SMILES string of the molecule is O=C1CCC(c2ccc3c(c2)CCN(CC2CCNCC2)C3)C(=O)N1. The van der Waals surface area contributed by atoms with Crippen LogP contribution in [0.4, 0.5) is 0 Å². The number of carbonyl (C=O) groups excluding carboxylic acids is 2. The zero-order valence-electron chi connectivity index (χ0n) is 14.7. The predicted molar refractivity (Wildman–Crippen MR) is 96.1 cm³/mol. The average molecular weight is 341 g/mol. The van der Waals surface area contributed by atoms with Gasteiger partial charge in [-0.25, -0.2) is 0 Å². The molecule has 25 heavy (non-hydrogen) atoms. The molecule has 0 aromatic heterocycles. The summed E-state index contributed by atoms with van der Waals surface area (Å²) < 4.78 is 0. The molecule has 3 heterocycles. The predicted octanol–water partition coefficient (Wildman–Crippen LogP) is 1.56. The van der Waals surface area contributed by atoms with Gasteiger partial charge >= 0.3 is 0 Å². The van der Waals surface area contributed by atoms with Crippen LogP contribution in [0.1, 0.15) is 48.3 Å². The van der Waals surface area contributed by atoms with E-state index in [1.54, 1.807) is 0 Å². The molecule has 0 spiro atoms. The number of hydrogen-bond acceptors (Lipinski definition) is 4. The number of amides is 2. The fraction of sp³-hybridized carbons (Fsp3) is 0.600. The Kier molecular flexibility index (Phi) is 4.86. The van der Waals surface area contributed by atoms with Crippen molar-refractivity contribution in [1.29, 1.82) is 0 Å². The Morgan fingerprint density at radius 3 is 2.68 bits per heavy atom. The molecule has 0 aliphatic carbocycles. The molecule has 1 aromatic carbocycles. The van der Waals surface area contributed by atoms with E-state index in [4.69, 9.17) is 0 Å². The van der Waals surface area contributed by atoms with E-state index in [0.717, 1.165) is 44.1 Å². The van der Waals surface area contributed by atoms with Crippen LogP contribution in [0.3, 0.4) is 0 Å². The van der Waals surface area contributed by atoms with Crippen LogP contribution in [0.15, 0.2) is 18.2 Å². The van der Waals surface area contributed by atoms with E-state index in [9.17, 15) is 9.59 Å². The standard InChI is InChI=1S/C20H27N3O2/c24-19-4-3-18(20(25)22-19)16-1-2-17-13-23(10-7-15(17)11-16)12-14-5-8-21-9-6-14/h1-2,11,14,18,21H,3-10,12-13H2,(H,22,24,25). The quantitative estimate of drug-likeness (QED) is 0.819. The number of nitrogens with zero attached hydrogens (tertiary/aromatic N) is 1. The molecule has 0 radical (unpaired) electrons. The Hall–Kier alpha value is -1.72. The number of imide groups is 1. The average Bonchev–Trinajstić information content (AvgIpc) is 2.62. The molecule has 4 rings (SSSR count). The van der Waals surface area contributed by atoms with Crippen molar-refractivity contribution < 1.29 is 9.59 Å². The van der Waals surface area contributed by atoms with Crippen LogP contribution in [0.5, 0.6) is 0 Å². The highest BCUT2D eigenvalue weighted by Gasteiger charge is 2.29. The fourth-order valence-corrected chi connectivity index (χ4v) is 4.44. The molecular formula is C20H27N3O2. The zero-order valence-corrected chi connectivity index (χ0v) is 14.7. The van der Waals surface area contributed by atoms with Crippen molar-refractivity contribution in [3.8, 4) is 0 Å². The van der Waals surface area contributed by atoms with Gasteiger partial charge in [-0.15, -0.1) is 0 Å². The van der Waals surface area contributed by atoms with Crippen molar-refractivity contribution in [2.24, 2.45) is 5.92 Å². The van der Waals surface area contributed by atoms with Gasteiger partial charge in [-0.2, -0.15) is 0 Å². The lowest BCUT2D eigenvalue weighted by atomic mass is 9.87. The Balaban J connectivity index is 1.42. The molecule has 5 heteroatoms. The largest absolute Gasteiger partial charge is 0.317 e. The summed E-state index contributed by atoms with van der Waals surface area (Å²) in [6.07, 6.45) is 4.71. The molecule has 2 N–H and O–H groups in total. The molecule has 1 unspecified atom stereocenters. The van der Waals surface area contributed by atoms with Crippen molar-refractivity contribution in [2.45, 2.75) is 44.6 Å². The molecule has 3 aliphatic heterocycles. The van der Waals surface area contributed by atoms with Crippen molar-refractivity contribution >= 4 is 11.8 Å². The summed E-state index contributed by atoms with van der Waals surface area (Å²) in [5, 5.41) is 5.91. The molecular weight excluding hydrogens is 314 g/mol. The second-order valence-corrected chi connectivity index (χ2v) is 7.71. The van der Waals surface area contributed by atoms with Gasteiger partial charge in [-0.3, -0.25) is 19.8 Å². The van der Waals surface area contributed by atoms with Gasteiger partial charge in [0.25, 0.3) is 0 Å². The van der Waals surface area contributed by atoms with Gasteiger partial charge in [0, 0.05) is 26.1 Å². The van der Waals surface area contributed by atoms with E-state index < -0.39 is 0 Å². The van der Waals surface area contributed by atoms with Crippen molar-refractivity contribution in [1.82, 2.24) is 15.5 Å². The van der Waals surface area contributed by atoms with Gasteiger partial charge in [-0.1, -0.05) is 18.2 Å². The number of nitrogens with one attached hydrogen (secondary N) is 2. The lowest BCUT2D eigenvalue weighted by Crippen LogP contribution is -2.40. The second kappa shape index (κ2) is 7.26. The highest BCUT2D eigenvalue weighted by molar-refractivity contribution is 6.00. The summed E-state index contributed by atoms with van der Waals surface area (Å²) in [4.78, 5) is 26.0. The molecule has 2 fully saturated rings. The van der Waals surface area contributed by atoms with Crippen LogP contribution in [-0.4, -0.2) is 42.9 Å². The number of rotatable bonds is 3. The maximum atomic E-state index is 12.1. The highest BCUT2D eigenvalue weighted by Crippen LogP contribution is 2.29.